The van der Waals surface area contributed by atoms with E-state index in [-0.39, 0.29) is 13.0 Å². The third-order valence-electron chi connectivity index (χ3n) is 1.30. The smallest absolute Gasteiger partial charge is 0.321 e. The standard InChI is InChI=1S/C4H8N2O3.C3H7NO2.C2H5NO2/c5-2(4(8)9)1-3(6)7;1-2(4)3(5)6;3-1-2(4)5/h2H,1,5H2,(H2,6,7)(H,8,9);2H,4H2,1H3,(H,5,6);1,3H2,(H,4,5)/t2*2-;/m00./s1. The molecule has 118 valence electrons. The summed E-state index contributed by atoms with van der Waals surface area (Å²) in [6.45, 7) is 1.14. The Morgan fingerprint density at radius 3 is 1.35 bits per heavy atom. The summed E-state index contributed by atoms with van der Waals surface area (Å²) >= 11 is 0. The zero-order chi connectivity index (χ0) is 16.9. The van der Waals surface area contributed by atoms with Gasteiger partial charge in [-0.2, -0.15) is 0 Å². The summed E-state index contributed by atoms with van der Waals surface area (Å²) in [4.78, 5) is 38.7. The molecule has 11 N–H and O–H groups in total. The second-order valence-electron chi connectivity index (χ2n) is 3.34. The number of aliphatic carboxylic acids is 3. The van der Waals surface area contributed by atoms with Crippen molar-refractivity contribution in [3.8, 4) is 0 Å². The van der Waals surface area contributed by atoms with Crippen LogP contribution in [0.4, 0.5) is 0 Å². The van der Waals surface area contributed by atoms with E-state index in [1.807, 2.05) is 0 Å². The number of carboxylic acids is 3. The maximum atomic E-state index is 9.99. The van der Waals surface area contributed by atoms with E-state index < -0.39 is 35.9 Å². The number of carbonyl (C=O) groups is 4. The number of hydrogen-bond acceptors (Lipinski definition) is 7. The van der Waals surface area contributed by atoms with E-state index >= 15 is 0 Å². The zero-order valence-electron chi connectivity index (χ0n) is 10.9. The Kier molecular flexibility index (Phi) is 15.1. The van der Waals surface area contributed by atoms with Gasteiger partial charge in [-0.3, -0.25) is 19.2 Å². The van der Waals surface area contributed by atoms with Crippen molar-refractivity contribution >= 4 is 23.8 Å². The van der Waals surface area contributed by atoms with Gasteiger partial charge in [0, 0.05) is 0 Å². The van der Waals surface area contributed by atoms with E-state index in [1.165, 1.54) is 6.92 Å². The lowest BCUT2D eigenvalue weighted by atomic mass is 10.2. The van der Waals surface area contributed by atoms with E-state index in [2.05, 4.69) is 11.5 Å². The molecule has 0 radical (unpaired) electrons. The highest BCUT2D eigenvalue weighted by Crippen LogP contribution is 1.84. The summed E-state index contributed by atoms with van der Waals surface area (Å²) < 4.78 is 0. The molecule has 0 aliphatic carbocycles. The van der Waals surface area contributed by atoms with Crippen LogP contribution in [0.1, 0.15) is 13.3 Å². The van der Waals surface area contributed by atoms with Crippen molar-refractivity contribution in [2.45, 2.75) is 25.4 Å². The molecule has 11 nitrogen and oxygen atoms in total. The van der Waals surface area contributed by atoms with Crippen molar-refractivity contribution in [1.29, 1.82) is 0 Å². The maximum absolute atomic E-state index is 9.99. The minimum absolute atomic E-state index is 0.278. The van der Waals surface area contributed by atoms with Crippen molar-refractivity contribution in [2.24, 2.45) is 22.9 Å². The Labute approximate surface area is 114 Å². The molecule has 0 heterocycles. The highest BCUT2D eigenvalue weighted by molar-refractivity contribution is 5.83. The van der Waals surface area contributed by atoms with Gasteiger partial charge in [-0.05, 0) is 6.92 Å². The SMILES string of the molecule is C[C@H](N)C(=O)O.NC(=O)C[C@H](N)C(=O)O.NCC(=O)O. The predicted molar refractivity (Wildman–Crippen MR) is 67.4 cm³/mol. The number of carboxylic acid groups (broad SMARTS) is 3. The van der Waals surface area contributed by atoms with Crippen LogP contribution in [-0.4, -0.2) is 57.8 Å². The second kappa shape index (κ2) is 13.2. The van der Waals surface area contributed by atoms with Crippen LogP contribution < -0.4 is 22.9 Å². The number of amides is 1. The molecule has 0 aromatic rings. The fourth-order valence-electron chi connectivity index (χ4n) is 0.304. The average Bonchev–Trinajstić information content (AvgIpc) is 2.29. The largest absolute Gasteiger partial charge is 0.480 e. The fourth-order valence-corrected chi connectivity index (χ4v) is 0.304. The van der Waals surface area contributed by atoms with Gasteiger partial charge in [0.1, 0.15) is 12.1 Å². The van der Waals surface area contributed by atoms with Gasteiger partial charge in [0.05, 0.1) is 13.0 Å². The molecule has 0 aliphatic heterocycles. The fraction of sp³-hybridized carbons (Fsp3) is 0.556. The molecule has 11 heteroatoms. The number of nitrogens with two attached hydrogens (primary N) is 4. The van der Waals surface area contributed by atoms with Gasteiger partial charge in [-0.15, -0.1) is 0 Å². The van der Waals surface area contributed by atoms with Crippen molar-refractivity contribution in [1.82, 2.24) is 0 Å². The second-order valence-corrected chi connectivity index (χ2v) is 3.34. The molecule has 0 aromatic heterocycles. The summed E-state index contributed by atoms with van der Waals surface area (Å²) in [7, 11) is 0. The first-order valence-electron chi connectivity index (χ1n) is 5.12. The Morgan fingerprint density at radius 2 is 1.30 bits per heavy atom. The average molecular weight is 296 g/mol. The Morgan fingerprint density at radius 1 is 1.00 bits per heavy atom. The molecular formula is C9H20N4O7. The van der Waals surface area contributed by atoms with Crippen LogP contribution in [0.15, 0.2) is 0 Å². The van der Waals surface area contributed by atoms with Crippen LogP contribution in [0.2, 0.25) is 0 Å². The molecule has 0 aliphatic rings. The first-order chi connectivity index (χ1) is 8.95. The molecule has 0 bridgehead atoms. The normalized spacial score (nSPS) is 11.6. The van der Waals surface area contributed by atoms with Gasteiger partial charge >= 0.3 is 17.9 Å². The molecule has 0 saturated carbocycles. The van der Waals surface area contributed by atoms with Gasteiger partial charge in [0.2, 0.25) is 5.91 Å². The van der Waals surface area contributed by atoms with E-state index in [9.17, 15) is 19.2 Å². The number of rotatable bonds is 5. The zero-order valence-corrected chi connectivity index (χ0v) is 10.9. The van der Waals surface area contributed by atoms with E-state index in [0.29, 0.717) is 0 Å². The molecule has 0 saturated heterocycles. The molecule has 0 fully saturated rings. The monoisotopic (exact) mass is 296 g/mol. The number of primary amides is 1. The van der Waals surface area contributed by atoms with E-state index in [1.54, 1.807) is 0 Å². The van der Waals surface area contributed by atoms with Crippen LogP contribution >= 0.6 is 0 Å². The Hall–Kier alpha value is -2.24. The molecule has 0 unspecified atom stereocenters. The molecule has 0 aromatic carbocycles. The number of hydrogen-bond donors (Lipinski definition) is 7. The molecule has 1 amide bonds. The lowest BCUT2D eigenvalue weighted by molar-refractivity contribution is -0.140. The van der Waals surface area contributed by atoms with Crippen LogP contribution in [0.25, 0.3) is 0 Å². The molecule has 0 rings (SSSR count). The van der Waals surface area contributed by atoms with E-state index in [4.69, 9.17) is 26.8 Å². The van der Waals surface area contributed by atoms with Gasteiger partial charge in [-0.1, -0.05) is 0 Å². The van der Waals surface area contributed by atoms with Crippen LogP contribution in [0, 0.1) is 0 Å². The lowest BCUT2D eigenvalue weighted by Crippen LogP contribution is -2.34. The highest BCUT2D eigenvalue weighted by atomic mass is 16.4. The van der Waals surface area contributed by atoms with Gasteiger partial charge in [0.15, 0.2) is 0 Å². The topological polar surface area (TPSA) is 233 Å². The van der Waals surface area contributed by atoms with Crippen molar-refractivity contribution in [2.75, 3.05) is 6.54 Å². The van der Waals surface area contributed by atoms with Crippen molar-refractivity contribution in [3.05, 3.63) is 0 Å². The predicted octanol–water partition coefficient (Wildman–Crippen LogP) is -3.28. The molecule has 2 atom stereocenters. The van der Waals surface area contributed by atoms with Gasteiger partial charge in [-0.25, -0.2) is 0 Å². The lowest BCUT2D eigenvalue weighted by Gasteiger charge is -1.99. The quantitative estimate of drug-likeness (QED) is 0.267. The van der Waals surface area contributed by atoms with Gasteiger partial charge in [0.25, 0.3) is 0 Å². The minimum Gasteiger partial charge on any atom is -0.480 e. The first-order valence-corrected chi connectivity index (χ1v) is 5.12. The first kappa shape index (κ1) is 22.9. The summed E-state index contributed by atoms with van der Waals surface area (Å²) in [5.74, 6) is -3.85. The summed E-state index contributed by atoms with van der Waals surface area (Å²) in [6, 6.07) is -1.90. The minimum atomic E-state index is -1.21. The van der Waals surface area contributed by atoms with Crippen LogP contribution in [0.5, 0.6) is 0 Å². The van der Waals surface area contributed by atoms with Gasteiger partial charge < -0.3 is 38.3 Å². The maximum Gasteiger partial charge on any atom is 0.321 e. The third-order valence-corrected chi connectivity index (χ3v) is 1.30. The summed E-state index contributed by atoms with van der Waals surface area (Å²) in [5, 5.41) is 23.6. The molecule has 20 heavy (non-hydrogen) atoms. The summed E-state index contributed by atoms with van der Waals surface area (Å²) in [5.41, 5.74) is 19.0. The van der Waals surface area contributed by atoms with E-state index in [0.717, 1.165) is 0 Å². The molecular weight excluding hydrogens is 276 g/mol. The van der Waals surface area contributed by atoms with Crippen LogP contribution in [0.3, 0.4) is 0 Å². The highest BCUT2D eigenvalue weighted by Gasteiger charge is 2.13. The third kappa shape index (κ3) is 24.8. The van der Waals surface area contributed by atoms with Crippen molar-refractivity contribution < 1.29 is 34.5 Å². The Balaban J connectivity index is -0.000000230. The van der Waals surface area contributed by atoms with Crippen molar-refractivity contribution in [3.63, 3.8) is 0 Å². The number of carbonyl (C=O) groups excluding carboxylic acids is 1. The summed E-state index contributed by atoms with van der Waals surface area (Å²) in [6.07, 6.45) is -0.310. The van der Waals surface area contributed by atoms with Crippen LogP contribution in [-0.2, 0) is 19.2 Å². The molecule has 0 spiro atoms. The Bertz CT molecular complexity index is 332.